The zero-order valence-electron chi connectivity index (χ0n) is 14.8. The summed E-state index contributed by atoms with van der Waals surface area (Å²) in [5.74, 6) is 0.316. The maximum atomic E-state index is 12.4. The van der Waals surface area contributed by atoms with Crippen LogP contribution in [0.5, 0.6) is 5.75 Å². The zero-order chi connectivity index (χ0) is 19.9. The predicted molar refractivity (Wildman–Crippen MR) is 103 cm³/mol. The molecule has 2 N–H and O–H groups in total. The van der Waals surface area contributed by atoms with E-state index in [4.69, 9.17) is 20.8 Å². The molecular weight excluding hydrogens is 382 g/mol. The van der Waals surface area contributed by atoms with Crippen molar-refractivity contribution in [3.63, 3.8) is 0 Å². The molecule has 1 atom stereocenters. The monoisotopic (exact) mass is 399 g/mol. The average molecular weight is 400 g/mol. The lowest BCUT2D eigenvalue weighted by Crippen LogP contribution is -2.32. The van der Waals surface area contributed by atoms with E-state index in [0.717, 1.165) is 0 Å². The number of ketones is 1. The lowest BCUT2D eigenvalue weighted by atomic mass is 10.0. The van der Waals surface area contributed by atoms with Crippen LogP contribution in [0, 0.1) is 0 Å². The van der Waals surface area contributed by atoms with E-state index in [2.05, 4.69) is 5.32 Å². The van der Waals surface area contributed by atoms with Crippen molar-refractivity contribution in [3.8, 4) is 5.75 Å². The van der Waals surface area contributed by atoms with Gasteiger partial charge in [-0.3, -0.25) is 9.59 Å². The largest absolute Gasteiger partial charge is 0.484 e. The first-order valence-corrected chi connectivity index (χ1v) is 8.92. The number of aliphatic hydroxyl groups excluding tert-OH is 1. The van der Waals surface area contributed by atoms with E-state index in [9.17, 15) is 14.7 Å². The molecule has 3 rings (SSSR count). The first-order valence-electron chi connectivity index (χ1n) is 8.54. The topological polar surface area (TPSA) is 88.8 Å². The van der Waals surface area contributed by atoms with Crippen LogP contribution in [-0.4, -0.2) is 29.9 Å². The molecule has 0 saturated heterocycles. The van der Waals surface area contributed by atoms with Crippen molar-refractivity contribution in [2.45, 2.75) is 6.10 Å². The van der Waals surface area contributed by atoms with Crippen LogP contribution in [0.2, 0.25) is 5.02 Å². The summed E-state index contributed by atoms with van der Waals surface area (Å²) in [5, 5.41) is 13.0. The maximum absolute atomic E-state index is 12.4. The Hall–Kier alpha value is -3.09. The summed E-state index contributed by atoms with van der Waals surface area (Å²) in [6.45, 7) is -0.195. The van der Waals surface area contributed by atoms with Crippen LogP contribution in [0.15, 0.2) is 71.3 Å². The normalized spacial score (nSPS) is 11.6. The Labute approximate surface area is 166 Å². The van der Waals surface area contributed by atoms with Gasteiger partial charge in [-0.1, -0.05) is 11.6 Å². The van der Waals surface area contributed by atoms with Crippen LogP contribution in [-0.2, 0) is 4.79 Å². The number of carbonyl (C=O) groups excluding carboxylic acids is 2. The molecule has 3 aromatic rings. The lowest BCUT2D eigenvalue weighted by Gasteiger charge is -2.10. The summed E-state index contributed by atoms with van der Waals surface area (Å²) in [6, 6.07) is 16.4. The Kier molecular flexibility index (Phi) is 6.47. The summed E-state index contributed by atoms with van der Waals surface area (Å²) in [4.78, 5) is 24.2. The quantitative estimate of drug-likeness (QED) is 0.567. The third-order valence-corrected chi connectivity index (χ3v) is 4.21. The fraction of sp³-hybridized carbons (Fsp3) is 0.143. The van der Waals surface area contributed by atoms with Crippen molar-refractivity contribution in [1.82, 2.24) is 5.32 Å². The second-order valence-electron chi connectivity index (χ2n) is 5.98. The molecule has 6 nitrogen and oxygen atoms in total. The fourth-order valence-electron chi connectivity index (χ4n) is 2.46. The van der Waals surface area contributed by atoms with Gasteiger partial charge in [-0.2, -0.15) is 0 Å². The number of hydrogen-bond donors (Lipinski definition) is 2. The number of furan rings is 1. The van der Waals surface area contributed by atoms with Crippen LogP contribution in [0.1, 0.15) is 27.8 Å². The Morgan fingerprint density at radius 1 is 1.04 bits per heavy atom. The van der Waals surface area contributed by atoms with Crippen molar-refractivity contribution in [2.24, 2.45) is 0 Å². The highest BCUT2D eigenvalue weighted by Gasteiger charge is 2.13. The zero-order valence-corrected chi connectivity index (χ0v) is 15.6. The summed E-state index contributed by atoms with van der Waals surface area (Å²) in [7, 11) is 0. The van der Waals surface area contributed by atoms with Gasteiger partial charge in [0.05, 0.1) is 12.8 Å². The maximum Gasteiger partial charge on any atom is 0.258 e. The van der Waals surface area contributed by atoms with Gasteiger partial charge in [0.1, 0.15) is 17.6 Å². The van der Waals surface area contributed by atoms with Crippen LogP contribution in [0.4, 0.5) is 0 Å². The Bertz CT molecular complexity index is 920. The Morgan fingerprint density at radius 2 is 1.68 bits per heavy atom. The van der Waals surface area contributed by atoms with Gasteiger partial charge < -0.3 is 19.6 Å². The molecule has 1 heterocycles. The first-order chi connectivity index (χ1) is 13.5. The number of ether oxygens (including phenoxy) is 1. The molecule has 0 aliphatic rings. The molecule has 0 spiro atoms. The molecule has 0 bridgehead atoms. The molecular formula is C21H18ClNO5. The van der Waals surface area contributed by atoms with E-state index in [1.165, 1.54) is 6.26 Å². The number of amides is 1. The molecule has 0 aliphatic heterocycles. The van der Waals surface area contributed by atoms with Gasteiger partial charge in [0.25, 0.3) is 5.91 Å². The number of halogens is 1. The van der Waals surface area contributed by atoms with E-state index in [1.807, 2.05) is 0 Å². The number of nitrogens with one attached hydrogen (secondary N) is 1. The molecule has 2 aromatic carbocycles. The molecule has 1 unspecified atom stereocenters. The van der Waals surface area contributed by atoms with Crippen LogP contribution in [0.25, 0.3) is 0 Å². The Balaban J connectivity index is 1.48. The standard InChI is InChI=1S/C21H18ClNO5/c22-16-7-3-14(4-8-16)21(26)15-5-9-17(10-6-15)28-13-20(25)23-12-18(24)19-2-1-11-27-19/h1-11,18,24H,12-13H2,(H,23,25). The number of aliphatic hydroxyl groups is 1. The number of carbonyl (C=O) groups is 2. The predicted octanol–water partition coefficient (Wildman–Crippen LogP) is 3.39. The summed E-state index contributed by atoms with van der Waals surface area (Å²) < 4.78 is 10.5. The lowest BCUT2D eigenvalue weighted by molar-refractivity contribution is -0.123. The number of rotatable bonds is 8. The first kappa shape index (κ1) is 19.7. The van der Waals surface area contributed by atoms with E-state index in [1.54, 1.807) is 60.7 Å². The second kappa shape index (κ2) is 9.21. The minimum Gasteiger partial charge on any atom is -0.484 e. The molecule has 0 fully saturated rings. The van der Waals surface area contributed by atoms with Crippen LogP contribution in [0.3, 0.4) is 0 Å². The summed E-state index contributed by atoms with van der Waals surface area (Å²) >= 11 is 5.83. The van der Waals surface area contributed by atoms with E-state index in [0.29, 0.717) is 27.7 Å². The van der Waals surface area contributed by atoms with Crippen LogP contribution < -0.4 is 10.1 Å². The van der Waals surface area contributed by atoms with Crippen molar-refractivity contribution >= 4 is 23.3 Å². The highest BCUT2D eigenvalue weighted by Crippen LogP contribution is 2.17. The SMILES string of the molecule is O=C(COc1ccc(C(=O)c2ccc(Cl)cc2)cc1)NCC(O)c1ccco1. The molecule has 7 heteroatoms. The minimum absolute atomic E-state index is 0.0181. The summed E-state index contributed by atoms with van der Waals surface area (Å²) in [6.07, 6.45) is 0.530. The molecule has 0 saturated carbocycles. The van der Waals surface area contributed by atoms with E-state index >= 15 is 0 Å². The van der Waals surface area contributed by atoms with E-state index < -0.39 is 6.10 Å². The molecule has 144 valence electrons. The average Bonchev–Trinajstić information content (AvgIpc) is 3.26. The molecule has 28 heavy (non-hydrogen) atoms. The molecule has 1 amide bonds. The van der Waals surface area contributed by atoms with Crippen molar-refractivity contribution in [1.29, 1.82) is 0 Å². The fourth-order valence-corrected chi connectivity index (χ4v) is 2.59. The van der Waals surface area contributed by atoms with Gasteiger partial charge >= 0.3 is 0 Å². The third kappa shape index (κ3) is 5.22. The van der Waals surface area contributed by atoms with Crippen molar-refractivity contribution in [3.05, 3.63) is 88.8 Å². The third-order valence-electron chi connectivity index (χ3n) is 3.96. The Morgan fingerprint density at radius 3 is 2.29 bits per heavy atom. The highest BCUT2D eigenvalue weighted by atomic mass is 35.5. The van der Waals surface area contributed by atoms with Gasteiger partial charge in [-0.25, -0.2) is 0 Å². The second-order valence-corrected chi connectivity index (χ2v) is 6.42. The summed E-state index contributed by atoms with van der Waals surface area (Å²) in [5.41, 5.74) is 1.04. The minimum atomic E-state index is -0.919. The van der Waals surface area contributed by atoms with Crippen molar-refractivity contribution < 1.29 is 23.8 Å². The van der Waals surface area contributed by atoms with Gasteiger partial charge in [0.15, 0.2) is 12.4 Å². The number of benzene rings is 2. The van der Waals surface area contributed by atoms with Gasteiger partial charge in [-0.05, 0) is 60.7 Å². The van der Waals surface area contributed by atoms with Crippen molar-refractivity contribution in [2.75, 3.05) is 13.2 Å². The van der Waals surface area contributed by atoms with Gasteiger partial charge in [0.2, 0.25) is 0 Å². The highest BCUT2D eigenvalue weighted by molar-refractivity contribution is 6.30. The molecule has 1 aromatic heterocycles. The number of hydrogen-bond acceptors (Lipinski definition) is 5. The van der Waals surface area contributed by atoms with Crippen LogP contribution >= 0.6 is 11.6 Å². The smallest absolute Gasteiger partial charge is 0.258 e. The molecule has 0 aliphatic carbocycles. The molecule has 0 radical (unpaired) electrons. The van der Waals surface area contributed by atoms with Gasteiger partial charge in [-0.15, -0.1) is 0 Å². The van der Waals surface area contributed by atoms with E-state index in [-0.39, 0.29) is 24.8 Å². The van der Waals surface area contributed by atoms with Gasteiger partial charge in [0, 0.05) is 16.1 Å².